The van der Waals surface area contributed by atoms with Crippen LogP contribution in [0, 0.1) is 11.8 Å². The maximum absolute atomic E-state index is 14.2. The number of nitrogens with one attached hydrogen (secondary N) is 3. The topological polar surface area (TPSA) is 116 Å². The molecule has 3 N–H and O–H groups in total. The minimum Gasteiger partial charge on any atom is -0.445 e. The van der Waals surface area contributed by atoms with Crippen LogP contribution in [0.15, 0.2) is 73.2 Å². The highest BCUT2D eigenvalue weighted by atomic mass is 16.5. The average molecular weight is 586 g/mol. The lowest BCUT2D eigenvalue weighted by molar-refractivity contribution is -0.139. The summed E-state index contributed by atoms with van der Waals surface area (Å²) < 4.78 is 5.46. The van der Waals surface area contributed by atoms with Gasteiger partial charge in [-0.15, -0.1) is 0 Å². The Labute approximate surface area is 253 Å². The number of ether oxygens (including phenoxy) is 1. The van der Waals surface area contributed by atoms with Gasteiger partial charge in [0.15, 0.2) is 0 Å². The molecule has 43 heavy (non-hydrogen) atoms. The Hall–Kier alpha value is -4.14. The first-order valence-corrected chi connectivity index (χ1v) is 15.6. The summed E-state index contributed by atoms with van der Waals surface area (Å²) in [7, 11) is 0. The molecule has 3 amide bonds. The predicted octanol–water partition coefficient (Wildman–Crippen LogP) is 5.31. The van der Waals surface area contributed by atoms with Gasteiger partial charge >= 0.3 is 6.09 Å². The maximum atomic E-state index is 14.2. The van der Waals surface area contributed by atoms with Gasteiger partial charge in [0.2, 0.25) is 11.8 Å². The monoisotopic (exact) mass is 585 g/mol. The first kappa shape index (κ1) is 30.3. The summed E-state index contributed by atoms with van der Waals surface area (Å²) in [6.45, 7) is 0.499. The molecule has 3 aromatic rings. The number of hydrogen-bond acceptors (Lipinski definition) is 5. The van der Waals surface area contributed by atoms with Crippen molar-refractivity contribution in [3.8, 4) is 0 Å². The molecule has 2 aromatic carbocycles. The van der Waals surface area contributed by atoms with Gasteiger partial charge in [0.1, 0.15) is 12.6 Å². The maximum Gasteiger partial charge on any atom is 0.408 e. The first-order valence-electron chi connectivity index (χ1n) is 15.6. The number of H-pyrrole nitrogens is 1. The number of aromatic nitrogens is 2. The van der Waals surface area contributed by atoms with E-state index in [1.54, 1.807) is 17.4 Å². The lowest BCUT2D eigenvalue weighted by Crippen LogP contribution is -2.53. The van der Waals surface area contributed by atoms with Gasteiger partial charge in [-0.2, -0.15) is 0 Å². The van der Waals surface area contributed by atoms with Crippen LogP contribution in [-0.4, -0.2) is 51.9 Å². The van der Waals surface area contributed by atoms with E-state index < -0.39 is 12.1 Å². The van der Waals surface area contributed by atoms with E-state index in [1.165, 1.54) is 6.42 Å². The molecule has 228 valence electrons. The minimum absolute atomic E-state index is 0.0663. The molecule has 2 aliphatic carbocycles. The summed E-state index contributed by atoms with van der Waals surface area (Å²) >= 11 is 0. The van der Waals surface area contributed by atoms with Crippen LogP contribution in [0.4, 0.5) is 4.79 Å². The Morgan fingerprint density at radius 1 is 0.907 bits per heavy atom. The molecule has 0 aliphatic heterocycles. The summed E-state index contributed by atoms with van der Waals surface area (Å²) in [5.41, 5.74) is 2.57. The second kappa shape index (κ2) is 15.4. The molecule has 9 nitrogen and oxygen atoms in total. The van der Waals surface area contributed by atoms with Crippen molar-refractivity contribution in [2.75, 3.05) is 13.1 Å². The molecule has 0 bridgehead atoms. The minimum atomic E-state index is -0.931. The number of benzene rings is 2. The number of nitrogens with zero attached hydrogens (tertiary/aromatic N) is 2. The average Bonchev–Trinajstić information content (AvgIpc) is 3.52. The Morgan fingerprint density at radius 3 is 2.28 bits per heavy atom. The van der Waals surface area contributed by atoms with Crippen molar-refractivity contribution in [3.63, 3.8) is 0 Å². The third kappa shape index (κ3) is 8.92. The first-order chi connectivity index (χ1) is 21.0. The molecule has 0 radical (unpaired) electrons. The third-order valence-electron chi connectivity index (χ3n) is 8.72. The van der Waals surface area contributed by atoms with Gasteiger partial charge in [-0.05, 0) is 48.6 Å². The van der Waals surface area contributed by atoms with Crippen LogP contribution in [0.3, 0.4) is 0 Å². The van der Waals surface area contributed by atoms with Crippen LogP contribution in [0.25, 0.3) is 0 Å². The molecule has 2 atom stereocenters. The molecular formula is C34H43N5O4. The SMILES string of the molecule is O=C(CN(CC1CCCCC1)C(=O)C(Cc1c[nH]cn1)NC(=O)OCc1ccccc1)NC(c1ccccc1)C1CCC1. The van der Waals surface area contributed by atoms with E-state index in [4.69, 9.17) is 4.74 Å². The van der Waals surface area contributed by atoms with Crippen molar-refractivity contribution >= 4 is 17.9 Å². The summed E-state index contributed by atoms with van der Waals surface area (Å²) in [4.78, 5) is 49.5. The van der Waals surface area contributed by atoms with Crippen LogP contribution in [0.1, 0.15) is 74.2 Å². The zero-order valence-corrected chi connectivity index (χ0v) is 24.8. The van der Waals surface area contributed by atoms with Crippen LogP contribution < -0.4 is 10.6 Å². The van der Waals surface area contributed by atoms with Crippen LogP contribution in [-0.2, 0) is 27.4 Å². The highest BCUT2D eigenvalue weighted by molar-refractivity contribution is 5.90. The van der Waals surface area contributed by atoms with Crippen LogP contribution >= 0.6 is 0 Å². The van der Waals surface area contributed by atoms with Crippen molar-refractivity contribution in [1.82, 2.24) is 25.5 Å². The summed E-state index contributed by atoms with van der Waals surface area (Å²) in [5, 5.41) is 6.04. The van der Waals surface area contributed by atoms with Crippen LogP contribution in [0.5, 0.6) is 0 Å². The molecule has 2 aliphatic rings. The lowest BCUT2D eigenvalue weighted by atomic mass is 9.77. The summed E-state index contributed by atoms with van der Waals surface area (Å²) in [6, 6.07) is 18.5. The zero-order valence-electron chi connectivity index (χ0n) is 24.8. The second-order valence-electron chi connectivity index (χ2n) is 11.9. The van der Waals surface area contributed by atoms with Crippen molar-refractivity contribution in [3.05, 3.63) is 90.0 Å². The molecule has 0 saturated heterocycles. The van der Waals surface area contributed by atoms with Crippen molar-refractivity contribution < 1.29 is 19.1 Å². The Balaban J connectivity index is 1.30. The van der Waals surface area contributed by atoms with Gasteiger partial charge < -0.3 is 25.3 Å². The Kier molecular flexibility index (Phi) is 10.8. The molecule has 2 saturated carbocycles. The quantitative estimate of drug-likeness (QED) is 0.251. The van der Waals surface area contributed by atoms with Crippen molar-refractivity contribution in [2.45, 2.75) is 76.5 Å². The van der Waals surface area contributed by atoms with E-state index in [1.807, 2.05) is 48.5 Å². The standard InChI is InChI=1S/C34H43N5O4/c40-31(38-32(28-17-10-18-28)27-15-8-3-9-16-27)22-39(21-25-11-4-1-5-12-25)33(41)30(19-29-20-35-24-36-29)37-34(42)43-23-26-13-6-2-7-14-26/h2-3,6-9,13-16,20,24-25,28,30,32H,1,4-5,10-12,17-19,21-23H2,(H,35,36)(H,37,42)(H,38,40). The van der Waals surface area contributed by atoms with Gasteiger partial charge in [-0.25, -0.2) is 9.78 Å². The van der Waals surface area contributed by atoms with E-state index in [9.17, 15) is 14.4 Å². The number of carbonyl (C=O) groups is 3. The molecule has 2 fully saturated rings. The van der Waals surface area contributed by atoms with E-state index >= 15 is 0 Å². The van der Waals surface area contributed by atoms with Gasteiger partial charge in [0.25, 0.3) is 0 Å². The van der Waals surface area contributed by atoms with Gasteiger partial charge in [0.05, 0.1) is 24.6 Å². The molecule has 9 heteroatoms. The van der Waals surface area contributed by atoms with Crippen molar-refractivity contribution in [1.29, 1.82) is 0 Å². The lowest BCUT2D eigenvalue weighted by Gasteiger charge is -2.36. The molecule has 1 heterocycles. The van der Waals surface area contributed by atoms with E-state index in [0.29, 0.717) is 24.1 Å². The smallest absolute Gasteiger partial charge is 0.408 e. The number of aromatic amines is 1. The normalized spacial score (nSPS) is 16.8. The zero-order chi connectivity index (χ0) is 29.9. The highest BCUT2D eigenvalue weighted by Crippen LogP contribution is 2.37. The Morgan fingerprint density at radius 2 is 1.63 bits per heavy atom. The van der Waals surface area contributed by atoms with Gasteiger partial charge in [0, 0.05) is 19.2 Å². The second-order valence-corrected chi connectivity index (χ2v) is 11.9. The van der Waals surface area contributed by atoms with Gasteiger partial charge in [-0.3, -0.25) is 9.59 Å². The van der Waals surface area contributed by atoms with Crippen molar-refractivity contribution in [2.24, 2.45) is 11.8 Å². The largest absolute Gasteiger partial charge is 0.445 e. The molecular weight excluding hydrogens is 542 g/mol. The number of imidazole rings is 1. The fourth-order valence-corrected chi connectivity index (χ4v) is 6.15. The summed E-state index contributed by atoms with van der Waals surface area (Å²) in [5.74, 6) is 0.218. The Bertz CT molecular complexity index is 1290. The number of rotatable bonds is 13. The van der Waals surface area contributed by atoms with E-state index in [0.717, 1.165) is 56.1 Å². The highest BCUT2D eigenvalue weighted by Gasteiger charge is 2.33. The third-order valence-corrected chi connectivity index (χ3v) is 8.72. The molecule has 0 spiro atoms. The fraction of sp³-hybridized carbons (Fsp3) is 0.471. The fourth-order valence-electron chi connectivity index (χ4n) is 6.15. The number of hydrogen-bond donors (Lipinski definition) is 3. The number of alkyl carbamates (subject to hydrolysis) is 1. The molecule has 1 aromatic heterocycles. The van der Waals surface area contributed by atoms with E-state index in [2.05, 4.69) is 32.7 Å². The number of amides is 3. The summed E-state index contributed by atoms with van der Waals surface area (Å²) in [6.07, 6.45) is 11.5. The molecule has 5 rings (SSSR count). The van der Waals surface area contributed by atoms with Gasteiger partial charge in [-0.1, -0.05) is 86.3 Å². The number of carbonyl (C=O) groups excluding carboxylic acids is 3. The predicted molar refractivity (Wildman–Crippen MR) is 164 cm³/mol. The van der Waals surface area contributed by atoms with E-state index in [-0.39, 0.29) is 37.4 Å². The molecule has 2 unspecified atom stereocenters. The van der Waals surface area contributed by atoms with Crippen LogP contribution in [0.2, 0.25) is 0 Å².